The van der Waals surface area contributed by atoms with E-state index in [1.165, 1.54) is 6.20 Å². The summed E-state index contributed by atoms with van der Waals surface area (Å²) in [6, 6.07) is 22.9. The van der Waals surface area contributed by atoms with Gasteiger partial charge in [0.15, 0.2) is 5.78 Å². The molecule has 0 saturated carbocycles. The summed E-state index contributed by atoms with van der Waals surface area (Å²) in [5.41, 5.74) is 2.30. The average Bonchev–Trinajstić information content (AvgIpc) is 3.18. The van der Waals surface area contributed by atoms with Crippen LogP contribution in [-0.2, 0) is 10.0 Å². The first-order valence-electron chi connectivity index (χ1n) is 9.69. The summed E-state index contributed by atoms with van der Waals surface area (Å²) in [6.07, 6.45) is 2.53. The van der Waals surface area contributed by atoms with Gasteiger partial charge in [0.05, 0.1) is 18.9 Å². The number of Topliss-reactive ketones (excluding diaryl/α,β-unsaturated/α-hetero) is 1. The lowest BCUT2D eigenvalue weighted by molar-refractivity contribution is 0.0971. The Morgan fingerprint density at radius 3 is 2.39 bits per heavy atom. The van der Waals surface area contributed by atoms with Crippen molar-refractivity contribution < 1.29 is 17.9 Å². The van der Waals surface area contributed by atoms with Crippen molar-refractivity contribution in [3.05, 3.63) is 96.2 Å². The zero-order chi connectivity index (χ0) is 22.0. The lowest BCUT2D eigenvalue weighted by atomic mass is 9.96. The standard InChI is InChI=1S/C24H22N2O4S/c1-30-19-12-8-11-18(15-19)25-23(17-9-4-3-5-10-17)24(27)21-16-26(31(2,28)29)22-14-7-6-13-20(21)22/h3-16,23,25H,1-2H3. The number of carbonyl (C=O) groups is 1. The van der Waals surface area contributed by atoms with Gasteiger partial charge in [0, 0.05) is 28.9 Å². The third-order valence-electron chi connectivity index (χ3n) is 5.08. The normalized spacial score (nSPS) is 12.5. The molecule has 4 aromatic rings. The molecule has 158 valence electrons. The van der Waals surface area contributed by atoms with E-state index in [0.717, 1.165) is 15.8 Å². The first-order valence-corrected chi connectivity index (χ1v) is 11.5. The van der Waals surface area contributed by atoms with Crippen molar-refractivity contribution in [2.45, 2.75) is 6.04 Å². The number of carbonyl (C=O) groups excluding carboxylic acids is 1. The highest BCUT2D eigenvalue weighted by molar-refractivity contribution is 7.89. The minimum Gasteiger partial charge on any atom is -0.497 e. The molecule has 0 aliphatic carbocycles. The molecule has 0 bridgehead atoms. The van der Waals surface area contributed by atoms with Crippen molar-refractivity contribution in [3.8, 4) is 5.75 Å². The van der Waals surface area contributed by atoms with Gasteiger partial charge in [-0.3, -0.25) is 4.79 Å². The topological polar surface area (TPSA) is 77.4 Å². The van der Waals surface area contributed by atoms with Crippen LogP contribution in [-0.4, -0.2) is 31.5 Å². The quantitative estimate of drug-likeness (QED) is 0.434. The zero-order valence-corrected chi connectivity index (χ0v) is 18.0. The summed E-state index contributed by atoms with van der Waals surface area (Å²) in [7, 11) is -1.99. The van der Waals surface area contributed by atoms with E-state index in [2.05, 4.69) is 5.32 Å². The van der Waals surface area contributed by atoms with E-state index in [4.69, 9.17) is 4.74 Å². The molecule has 0 saturated heterocycles. The van der Waals surface area contributed by atoms with Gasteiger partial charge in [-0.15, -0.1) is 0 Å². The van der Waals surface area contributed by atoms with Gasteiger partial charge in [0.2, 0.25) is 10.0 Å². The number of ether oxygens (including phenoxy) is 1. The second-order valence-corrected chi connectivity index (χ2v) is 9.06. The van der Waals surface area contributed by atoms with E-state index in [1.54, 1.807) is 31.4 Å². The Hall–Kier alpha value is -3.58. The summed E-state index contributed by atoms with van der Waals surface area (Å²) in [5, 5.41) is 3.88. The van der Waals surface area contributed by atoms with E-state index in [-0.39, 0.29) is 5.78 Å². The lowest BCUT2D eigenvalue weighted by Gasteiger charge is -2.19. The maximum atomic E-state index is 13.8. The number of nitrogens with one attached hydrogen (secondary N) is 1. The molecule has 1 heterocycles. The molecule has 0 spiro atoms. The summed E-state index contributed by atoms with van der Waals surface area (Å²) >= 11 is 0. The molecule has 4 rings (SSSR count). The van der Waals surface area contributed by atoms with Crippen molar-refractivity contribution in [1.29, 1.82) is 0 Å². The van der Waals surface area contributed by atoms with Crippen LogP contribution in [0.1, 0.15) is 22.0 Å². The van der Waals surface area contributed by atoms with Crippen molar-refractivity contribution >= 4 is 32.4 Å². The highest BCUT2D eigenvalue weighted by Crippen LogP contribution is 2.30. The number of fused-ring (bicyclic) bond motifs is 1. The fourth-order valence-electron chi connectivity index (χ4n) is 3.60. The Morgan fingerprint density at radius 2 is 1.68 bits per heavy atom. The number of hydrogen-bond donors (Lipinski definition) is 1. The summed E-state index contributed by atoms with van der Waals surface area (Å²) in [6.45, 7) is 0. The number of nitrogens with zero attached hydrogens (tertiary/aromatic N) is 1. The highest BCUT2D eigenvalue weighted by Gasteiger charge is 2.27. The largest absolute Gasteiger partial charge is 0.497 e. The molecule has 7 heteroatoms. The molecule has 31 heavy (non-hydrogen) atoms. The van der Waals surface area contributed by atoms with E-state index < -0.39 is 16.1 Å². The van der Waals surface area contributed by atoms with Gasteiger partial charge in [-0.2, -0.15) is 0 Å². The highest BCUT2D eigenvalue weighted by atomic mass is 32.2. The van der Waals surface area contributed by atoms with E-state index in [1.807, 2.05) is 54.6 Å². The first kappa shape index (κ1) is 20.7. The van der Waals surface area contributed by atoms with Crippen molar-refractivity contribution in [3.63, 3.8) is 0 Å². The molecule has 6 nitrogen and oxygen atoms in total. The third kappa shape index (κ3) is 4.18. The average molecular weight is 435 g/mol. The fraction of sp³-hybridized carbons (Fsp3) is 0.125. The lowest BCUT2D eigenvalue weighted by Crippen LogP contribution is -2.21. The number of methoxy groups -OCH3 is 1. The SMILES string of the molecule is COc1cccc(NC(C(=O)c2cn(S(C)(=O)=O)c3ccccc23)c2ccccc2)c1. The maximum absolute atomic E-state index is 13.8. The fourth-order valence-corrected chi connectivity index (χ4v) is 4.41. The van der Waals surface area contributed by atoms with Gasteiger partial charge in [0.1, 0.15) is 11.8 Å². The van der Waals surface area contributed by atoms with Crippen LogP contribution in [0, 0.1) is 0 Å². The van der Waals surface area contributed by atoms with E-state index in [0.29, 0.717) is 27.9 Å². The van der Waals surface area contributed by atoms with Crippen LogP contribution < -0.4 is 10.1 Å². The van der Waals surface area contributed by atoms with Gasteiger partial charge in [-0.05, 0) is 23.8 Å². The van der Waals surface area contributed by atoms with Gasteiger partial charge < -0.3 is 10.1 Å². The maximum Gasteiger partial charge on any atom is 0.236 e. The molecule has 0 fully saturated rings. The zero-order valence-electron chi connectivity index (χ0n) is 17.1. The van der Waals surface area contributed by atoms with Crippen LogP contribution >= 0.6 is 0 Å². The predicted molar refractivity (Wildman–Crippen MR) is 122 cm³/mol. The van der Waals surface area contributed by atoms with Gasteiger partial charge in [-0.1, -0.05) is 54.6 Å². The number of ketones is 1. The Bertz CT molecular complexity index is 1340. The molecule has 1 atom stereocenters. The molecule has 1 unspecified atom stereocenters. The summed E-state index contributed by atoms with van der Waals surface area (Å²) in [4.78, 5) is 13.8. The number of para-hydroxylation sites is 1. The number of anilines is 1. The van der Waals surface area contributed by atoms with Crippen LogP contribution in [0.15, 0.2) is 85.1 Å². The van der Waals surface area contributed by atoms with Crippen LogP contribution in [0.4, 0.5) is 5.69 Å². The minimum absolute atomic E-state index is 0.229. The second kappa shape index (κ2) is 8.28. The van der Waals surface area contributed by atoms with Crippen LogP contribution in [0.25, 0.3) is 10.9 Å². The van der Waals surface area contributed by atoms with Gasteiger partial charge >= 0.3 is 0 Å². The molecule has 0 amide bonds. The molecular weight excluding hydrogens is 412 g/mol. The predicted octanol–water partition coefficient (Wildman–Crippen LogP) is 4.49. The molecule has 0 aliphatic heterocycles. The van der Waals surface area contributed by atoms with Crippen LogP contribution in [0.2, 0.25) is 0 Å². The Labute approximate surface area is 181 Å². The smallest absolute Gasteiger partial charge is 0.236 e. The monoisotopic (exact) mass is 434 g/mol. The van der Waals surface area contributed by atoms with Crippen molar-refractivity contribution in [2.75, 3.05) is 18.7 Å². The first-order chi connectivity index (χ1) is 14.9. The van der Waals surface area contributed by atoms with E-state index in [9.17, 15) is 13.2 Å². The Morgan fingerprint density at radius 1 is 0.968 bits per heavy atom. The molecule has 0 aliphatic rings. The Kier molecular flexibility index (Phi) is 5.52. The number of benzene rings is 3. The van der Waals surface area contributed by atoms with Crippen LogP contribution in [0.3, 0.4) is 0 Å². The molecule has 0 radical (unpaired) electrons. The molecular formula is C24H22N2O4S. The van der Waals surface area contributed by atoms with Crippen molar-refractivity contribution in [1.82, 2.24) is 3.97 Å². The van der Waals surface area contributed by atoms with E-state index >= 15 is 0 Å². The molecule has 1 aromatic heterocycles. The summed E-state index contributed by atoms with van der Waals surface area (Å²) in [5.74, 6) is 0.436. The van der Waals surface area contributed by atoms with Crippen molar-refractivity contribution in [2.24, 2.45) is 0 Å². The second-order valence-electron chi connectivity index (χ2n) is 7.20. The number of hydrogen-bond acceptors (Lipinski definition) is 5. The molecule has 1 N–H and O–H groups in total. The van der Waals surface area contributed by atoms with Crippen LogP contribution in [0.5, 0.6) is 5.75 Å². The molecule has 3 aromatic carbocycles. The van der Waals surface area contributed by atoms with Gasteiger partial charge in [0.25, 0.3) is 0 Å². The summed E-state index contributed by atoms with van der Waals surface area (Å²) < 4.78 is 31.1. The third-order valence-corrected chi connectivity index (χ3v) is 6.09. The number of rotatable bonds is 7. The minimum atomic E-state index is -3.57. The Balaban J connectivity index is 1.84. The van der Waals surface area contributed by atoms with Gasteiger partial charge in [-0.25, -0.2) is 12.4 Å². The number of aromatic nitrogens is 1.